The second-order valence-electron chi connectivity index (χ2n) is 4.79. The predicted molar refractivity (Wildman–Crippen MR) is 82.3 cm³/mol. The molecule has 0 spiro atoms. The number of nitrogens with one attached hydrogen (secondary N) is 1. The number of amides is 1. The summed E-state index contributed by atoms with van der Waals surface area (Å²) in [6.45, 7) is 3.63. The lowest BCUT2D eigenvalue weighted by Gasteiger charge is -2.14. The van der Waals surface area contributed by atoms with Gasteiger partial charge in [-0.2, -0.15) is 11.3 Å². The first-order valence-electron chi connectivity index (χ1n) is 6.61. The van der Waals surface area contributed by atoms with Crippen molar-refractivity contribution in [1.82, 2.24) is 5.32 Å². The van der Waals surface area contributed by atoms with E-state index in [1.165, 1.54) is 16.9 Å². The van der Waals surface area contributed by atoms with Crippen molar-refractivity contribution in [2.75, 3.05) is 6.61 Å². The lowest BCUT2D eigenvalue weighted by molar-refractivity contribution is -0.124. The summed E-state index contributed by atoms with van der Waals surface area (Å²) in [5, 5.41) is 6.28. The number of rotatable bonds is 5. The van der Waals surface area contributed by atoms with Crippen LogP contribution in [0.25, 0.3) is 0 Å². The molecule has 1 aromatic heterocycles. The molecule has 1 aromatic carbocycles. The molecule has 0 radical (unpaired) electrons. The maximum atomic E-state index is 11.8. The van der Waals surface area contributed by atoms with Gasteiger partial charge >= 0.3 is 5.97 Å². The highest BCUT2D eigenvalue weighted by Crippen LogP contribution is 2.13. The van der Waals surface area contributed by atoms with Gasteiger partial charge in [-0.15, -0.1) is 0 Å². The molecule has 1 amide bonds. The van der Waals surface area contributed by atoms with Gasteiger partial charge in [-0.25, -0.2) is 4.79 Å². The van der Waals surface area contributed by atoms with Crippen LogP contribution in [0.1, 0.15) is 34.5 Å². The molecule has 0 aliphatic carbocycles. The monoisotopic (exact) mass is 303 g/mol. The van der Waals surface area contributed by atoms with Crippen molar-refractivity contribution in [3.8, 4) is 0 Å². The van der Waals surface area contributed by atoms with Crippen molar-refractivity contribution >= 4 is 23.2 Å². The van der Waals surface area contributed by atoms with Crippen molar-refractivity contribution < 1.29 is 14.3 Å². The molecule has 0 saturated heterocycles. The van der Waals surface area contributed by atoms with Gasteiger partial charge in [-0.3, -0.25) is 4.79 Å². The molecule has 0 bridgehead atoms. The third kappa shape index (κ3) is 4.43. The molecule has 21 heavy (non-hydrogen) atoms. The standard InChI is InChI=1S/C16H17NO3S/c1-11-3-5-13(6-4-11)12(2)17-15(18)9-20-16(19)14-7-8-21-10-14/h3-8,10,12H,9H2,1-2H3,(H,17,18)/t12-/m1/s1. The summed E-state index contributed by atoms with van der Waals surface area (Å²) >= 11 is 1.41. The van der Waals surface area contributed by atoms with E-state index in [1.807, 2.05) is 38.1 Å². The Morgan fingerprint density at radius 2 is 1.95 bits per heavy atom. The second kappa shape index (κ2) is 7.04. The van der Waals surface area contributed by atoms with E-state index in [1.54, 1.807) is 16.8 Å². The van der Waals surface area contributed by atoms with Crippen molar-refractivity contribution in [2.24, 2.45) is 0 Å². The third-order valence-electron chi connectivity index (χ3n) is 3.05. The Bertz CT molecular complexity index is 605. The van der Waals surface area contributed by atoms with Crippen molar-refractivity contribution in [3.63, 3.8) is 0 Å². The largest absolute Gasteiger partial charge is 0.452 e. The van der Waals surface area contributed by atoms with E-state index in [0.29, 0.717) is 5.56 Å². The summed E-state index contributed by atoms with van der Waals surface area (Å²) in [5.74, 6) is -0.791. The van der Waals surface area contributed by atoms with Gasteiger partial charge in [0.05, 0.1) is 11.6 Å². The van der Waals surface area contributed by atoms with Gasteiger partial charge in [-0.1, -0.05) is 29.8 Å². The predicted octanol–water partition coefficient (Wildman–Crippen LogP) is 3.09. The SMILES string of the molecule is Cc1ccc([C@@H](C)NC(=O)COC(=O)c2ccsc2)cc1. The number of hydrogen-bond acceptors (Lipinski definition) is 4. The Labute approximate surface area is 127 Å². The van der Waals surface area contributed by atoms with Crippen LogP contribution in [0.5, 0.6) is 0 Å². The zero-order valence-electron chi connectivity index (χ0n) is 12.0. The number of benzene rings is 1. The van der Waals surface area contributed by atoms with Crippen LogP contribution in [-0.2, 0) is 9.53 Å². The smallest absolute Gasteiger partial charge is 0.339 e. The molecule has 2 aromatic rings. The molecule has 1 N–H and O–H groups in total. The first kappa shape index (κ1) is 15.3. The molecule has 0 saturated carbocycles. The zero-order valence-corrected chi connectivity index (χ0v) is 12.8. The van der Waals surface area contributed by atoms with Crippen LogP contribution >= 0.6 is 11.3 Å². The van der Waals surface area contributed by atoms with Crippen LogP contribution in [-0.4, -0.2) is 18.5 Å². The summed E-state index contributed by atoms with van der Waals surface area (Å²) in [4.78, 5) is 23.4. The minimum Gasteiger partial charge on any atom is -0.452 e. The average molecular weight is 303 g/mol. The van der Waals surface area contributed by atoms with Crippen LogP contribution < -0.4 is 5.32 Å². The first-order valence-corrected chi connectivity index (χ1v) is 7.56. The van der Waals surface area contributed by atoms with Crippen LogP contribution in [0.3, 0.4) is 0 Å². The average Bonchev–Trinajstić information content (AvgIpc) is 2.99. The van der Waals surface area contributed by atoms with E-state index >= 15 is 0 Å². The Balaban J connectivity index is 1.81. The molecular weight excluding hydrogens is 286 g/mol. The lowest BCUT2D eigenvalue weighted by Crippen LogP contribution is -2.31. The molecule has 0 aliphatic heterocycles. The number of thiophene rings is 1. The molecule has 4 nitrogen and oxygen atoms in total. The molecule has 0 unspecified atom stereocenters. The minimum atomic E-state index is -0.477. The van der Waals surface area contributed by atoms with E-state index in [9.17, 15) is 9.59 Å². The highest BCUT2D eigenvalue weighted by molar-refractivity contribution is 7.08. The number of carbonyl (C=O) groups is 2. The Kier molecular flexibility index (Phi) is 5.11. The third-order valence-corrected chi connectivity index (χ3v) is 3.73. The van der Waals surface area contributed by atoms with Gasteiger partial charge in [0.15, 0.2) is 6.61 Å². The Morgan fingerprint density at radius 3 is 2.57 bits per heavy atom. The van der Waals surface area contributed by atoms with Gasteiger partial charge in [0, 0.05) is 5.38 Å². The van der Waals surface area contributed by atoms with E-state index in [0.717, 1.165) is 5.56 Å². The van der Waals surface area contributed by atoms with Crippen LogP contribution in [0.4, 0.5) is 0 Å². The highest BCUT2D eigenvalue weighted by Gasteiger charge is 2.13. The van der Waals surface area contributed by atoms with E-state index in [4.69, 9.17) is 4.74 Å². The fourth-order valence-electron chi connectivity index (χ4n) is 1.82. The molecule has 110 valence electrons. The summed E-state index contributed by atoms with van der Waals surface area (Å²) in [6, 6.07) is 9.47. The maximum absolute atomic E-state index is 11.8. The highest BCUT2D eigenvalue weighted by atomic mass is 32.1. The summed E-state index contributed by atoms with van der Waals surface area (Å²) in [5.41, 5.74) is 2.65. The van der Waals surface area contributed by atoms with E-state index in [-0.39, 0.29) is 18.6 Å². The molecule has 0 fully saturated rings. The van der Waals surface area contributed by atoms with Crippen molar-refractivity contribution in [1.29, 1.82) is 0 Å². The van der Waals surface area contributed by atoms with Gasteiger partial charge < -0.3 is 10.1 Å². The maximum Gasteiger partial charge on any atom is 0.339 e. The summed E-state index contributed by atoms with van der Waals surface area (Å²) in [7, 11) is 0. The van der Waals surface area contributed by atoms with Gasteiger partial charge in [0.25, 0.3) is 5.91 Å². The number of carbonyl (C=O) groups excluding carboxylic acids is 2. The van der Waals surface area contributed by atoms with Crippen LogP contribution in [0.15, 0.2) is 41.1 Å². The number of ether oxygens (including phenoxy) is 1. The summed E-state index contributed by atoms with van der Waals surface area (Å²) in [6.07, 6.45) is 0. The minimum absolute atomic E-state index is 0.127. The van der Waals surface area contributed by atoms with Crippen molar-refractivity contribution in [3.05, 3.63) is 57.8 Å². The Hall–Kier alpha value is -2.14. The first-order chi connectivity index (χ1) is 10.1. The normalized spacial score (nSPS) is 11.7. The molecule has 2 rings (SSSR count). The van der Waals surface area contributed by atoms with E-state index in [2.05, 4.69) is 5.32 Å². The quantitative estimate of drug-likeness (QED) is 0.864. The van der Waals surface area contributed by atoms with E-state index < -0.39 is 5.97 Å². The second-order valence-corrected chi connectivity index (χ2v) is 5.57. The molecule has 5 heteroatoms. The number of aryl methyl sites for hydroxylation is 1. The number of hydrogen-bond donors (Lipinski definition) is 1. The van der Waals surface area contributed by atoms with Gasteiger partial charge in [-0.05, 0) is 30.9 Å². The fourth-order valence-corrected chi connectivity index (χ4v) is 2.44. The van der Waals surface area contributed by atoms with Crippen molar-refractivity contribution in [2.45, 2.75) is 19.9 Å². The fraction of sp³-hybridized carbons (Fsp3) is 0.250. The molecular formula is C16H17NO3S. The molecule has 1 atom stereocenters. The van der Waals surface area contributed by atoms with Crippen LogP contribution in [0.2, 0.25) is 0 Å². The topological polar surface area (TPSA) is 55.4 Å². The van der Waals surface area contributed by atoms with Gasteiger partial charge in [0.2, 0.25) is 0 Å². The van der Waals surface area contributed by atoms with Gasteiger partial charge in [0.1, 0.15) is 0 Å². The lowest BCUT2D eigenvalue weighted by atomic mass is 10.1. The molecule has 0 aliphatic rings. The molecule has 1 heterocycles. The van der Waals surface area contributed by atoms with Crippen LogP contribution in [0, 0.1) is 6.92 Å². The zero-order chi connectivity index (χ0) is 15.2. The Morgan fingerprint density at radius 1 is 1.24 bits per heavy atom. The summed E-state index contributed by atoms with van der Waals surface area (Å²) < 4.78 is 4.96. The number of esters is 1.